The van der Waals surface area contributed by atoms with Gasteiger partial charge in [0, 0.05) is 18.8 Å². The Morgan fingerprint density at radius 3 is 2.76 bits per heavy atom. The highest BCUT2D eigenvalue weighted by Gasteiger charge is 2.36. The number of hydrogen-bond acceptors (Lipinski definition) is 3. The molecule has 1 aromatic carbocycles. The molecule has 5 heteroatoms. The van der Waals surface area contributed by atoms with Crippen LogP contribution >= 0.6 is 0 Å². The Balaban J connectivity index is 2.01. The minimum atomic E-state index is -0.500. The molecule has 0 aliphatic carbocycles. The van der Waals surface area contributed by atoms with Gasteiger partial charge in [0.05, 0.1) is 0 Å². The van der Waals surface area contributed by atoms with Gasteiger partial charge in [-0.15, -0.1) is 0 Å². The van der Waals surface area contributed by atoms with Crippen LogP contribution in [-0.2, 0) is 14.3 Å². The predicted molar refractivity (Wildman–Crippen MR) is 80.9 cm³/mol. The second-order valence-electron chi connectivity index (χ2n) is 5.14. The van der Waals surface area contributed by atoms with Crippen molar-refractivity contribution in [1.82, 2.24) is 4.90 Å². The van der Waals surface area contributed by atoms with Crippen LogP contribution in [0.3, 0.4) is 0 Å². The molecule has 1 aliphatic rings. The summed E-state index contributed by atoms with van der Waals surface area (Å²) < 4.78 is 5.34. The lowest BCUT2D eigenvalue weighted by Gasteiger charge is -2.26. The SMILES string of the molecule is CCO[C@@H](C)C(=O)N1CCC[C@@H]1C(=O)Nc1ccccc1. The average Bonchev–Trinajstić information content (AvgIpc) is 2.97. The maximum Gasteiger partial charge on any atom is 0.252 e. The molecule has 0 unspecified atom stereocenters. The first kappa shape index (κ1) is 15.5. The largest absolute Gasteiger partial charge is 0.369 e. The first-order valence-electron chi connectivity index (χ1n) is 7.41. The van der Waals surface area contributed by atoms with E-state index in [4.69, 9.17) is 4.74 Å². The fourth-order valence-corrected chi connectivity index (χ4v) is 2.60. The maximum absolute atomic E-state index is 12.4. The fraction of sp³-hybridized carbons (Fsp3) is 0.500. The van der Waals surface area contributed by atoms with Gasteiger partial charge in [0.2, 0.25) is 5.91 Å². The predicted octanol–water partition coefficient (Wildman–Crippen LogP) is 2.04. The van der Waals surface area contributed by atoms with E-state index in [2.05, 4.69) is 5.32 Å². The third-order valence-corrected chi connectivity index (χ3v) is 3.64. The molecule has 1 aliphatic heterocycles. The van der Waals surface area contributed by atoms with Gasteiger partial charge in [-0.25, -0.2) is 0 Å². The summed E-state index contributed by atoms with van der Waals surface area (Å²) in [4.78, 5) is 26.3. The molecule has 1 aromatic rings. The van der Waals surface area contributed by atoms with Gasteiger partial charge in [-0.3, -0.25) is 9.59 Å². The van der Waals surface area contributed by atoms with Gasteiger partial charge in [-0.1, -0.05) is 18.2 Å². The number of carbonyl (C=O) groups excluding carboxylic acids is 2. The number of ether oxygens (including phenoxy) is 1. The molecule has 0 bridgehead atoms. The normalized spacial score (nSPS) is 19.3. The van der Waals surface area contributed by atoms with Gasteiger partial charge in [-0.2, -0.15) is 0 Å². The minimum absolute atomic E-state index is 0.109. The number of hydrogen-bond donors (Lipinski definition) is 1. The summed E-state index contributed by atoms with van der Waals surface area (Å²) in [6, 6.07) is 8.89. The lowest BCUT2D eigenvalue weighted by molar-refractivity contribution is -0.145. The number of para-hydroxylation sites is 1. The Morgan fingerprint density at radius 2 is 2.10 bits per heavy atom. The summed E-state index contributed by atoms with van der Waals surface area (Å²) in [5, 5.41) is 2.87. The summed E-state index contributed by atoms with van der Waals surface area (Å²) in [6.45, 7) is 4.69. The van der Waals surface area contributed by atoms with Crippen LogP contribution < -0.4 is 5.32 Å². The van der Waals surface area contributed by atoms with Crippen LogP contribution in [-0.4, -0.2) is 42.0 Å². The number of carbonyl (C=O) groups is 2. The Morgan fingerprint density at radius 1 is 1.38 bits per heavy atom. The van der Waals surface area contributed by atoms with Gasteiger partial charge < -0.3 is 15.0 Å². The summed E-state index contributed by atoms with van der Waals surface area (Å²) in [5.74, 6) is -0.238. The van der Waals surface area contributed by atoms with Crippen molar-refractivity contribution in [2.24, 2.45) is 0 Å². The average molecular weight is 290 g/mol. The number of nitrogens with zero attached hydrogens (tertiary/aromatic N) is 1. The van der Waals surface area contributed by atoms with E-state index in [0.29, 0.717) is 19.6 Å². The van der Waals surface area contributed by atoms with E-state index in [1.54, 1.807) is 11.8 Å². The van der Waals surface area contributed by atoms with Gasteiger partial charge in [-0.05, 0) is 38.8 Å². The molecule has 0 spiro atoms. The van der Waals surface area contributed by atoms with Crippen LogP contribution in [0.4, 0.5) is 5.69 Å². The van der Waals surface area contributed by atoms with Crippen molar-refractivity contribution in [2.45, 2.75) is 38.8 Å². The quantitative estimate of drug-likeness (QED) is 0.903. The highest BCUT2D eigenvalue weighted by atomic mass is 16.5. The summed E-state index contributed by atoms with van der Waals surface area (Å²) in [5.41, 5.74) is 0.750. The van der Waals surface area contributed by atoms with Gasteiger partial charge in [0.15, 0.2) is 0 Å². The molecule has 1 fully saturated rings. The number of anilines is 1. The number of amides is 2. The van der Waals surface area contributed by atoms with Gasteiger partial charge >= 0.3 is 0 Å². The van der Waals surface area contributed by atoms with Crippen molar-refractivity contribution >= 4 is 17.5 Å². The van der Waals surface area contributed by atoms with Gasteiger partial charge in [0.1, 0.15) is 12.1 Å². The van der Waals surface area contributed by atoms with Crippen LogP contribution in [0.25, 0.3) is 0 Å². The minimum Gasteiger partial charge on any atom is -0.369 e. The van der Waals surface area contributed by atoms with Crippen LogP contribution in [0.5, 0.6) is 0 Å². The van der Waals surface area contributed by atoms with E-state index >= 15 is 0 Å². The molecule has 1 heterocycles. The Hall–Kier alpha value is -1.88. The van der Waals surface area contributed by atoms with Gasteiger partial charge in [0.25, 0.3) is 5.91 Å². The van der Waals surface area contributed by atoms with Crippen LogP contribution in [0.15, 0.2) is 30.3 Å². The number of likely N-dealkylation sites (tertiary alicyclic amines) is 1. The van der Waals surface area contributed by atoms with Crippen molar-refractivity contribution in [2.75, 3.05) is 18.5 Å². The Bertz CT molecular complexity index is 490. The summed E-state index contributed by atoms with van der Waals surface area (Å²) in [7, 11) is 0. The second-order valence-corrected chi connectivity index (χ2v) is 5.14. The van der Waals surface area contributed by atoms with E-state index in [9.17, 15) is 9.59 Å². The molecular weight excluding hydrogens is 268 g/mol. The van der Waals surface area contributed by atoms with Crippen LogP contribution in [0.1, 0.15) is 26.7 Å². The highest BCUT2D eigenvalue weighted by Crippen LogP contribution is 2.20. The Kier molecular flexibility index (Phi) is 5.33. The van der Waals surface area contributed by atoms with Crippen molar-refractivity contribution in [3.63, 3.8) is 0 Å². The van der Waals surface area contributed by atoms with Crippen LogP contribution in [0.2, 0.25) is 0 Å². The van der Waals surface area contributed by atoms with Crippen molar-refractivity contribution in [1.29, 1.82) is 0 Å². The third kappa shape index (κ3) is 3.82. The maximum atomic E-state index is 12.4. The molecule has 2 rings (SSSR count). The highest BCUT2D eigenvalue weighted by molar-refractivity contribution is 5.98. The molecule has 0 radical (unpaired) electrons. The molecule has 2 amide bonds. The van der Waals surface area contributed by atoms with E-state index < -0.39 is 12.1 Å². The first-order valence-corrected chi connectivity index (χ1v) is 7.41. The zero-order valence-corrected chi connectivity index (χ0v) is 12.5. The number of rotatable bonds is 5. The Labute approximate surface area is 125 Å². The molecule has 0 aromatic heterocycles. The van der Waals surface area contributed by atoms with E-state index in [1.165, 1.54) is 0 Å². The molecule has 0 saturated carbocycles. The molecule has 5 nitrogen and oxygen atoms in total. The number of benzene rings is 1. The fourth-order valence-electron chi connectivity index (χ4n) is 2.60. The van der Waals surface area contributed by atoms with Crippen molar-refractivity contribution < 1.29 is 14.3 Å². The molecule has 21 heavy (non-hydrogen) atoms. The third-order valence-electron chi connectivity index (χ3n) is 3.64. The second kappa shape index (κ2) is 7.22. The van der Waals surface area contributed by atoms with E-state index in [-0.39, 0.29) is 11.8 Å². The van der Waals surface area contributed by atoms with E-state index in [0.717, 1.165) is 12.1 Å². The smallest absolute Gasteiger partial charge is 0.252 e. The van der Waals surface area contributed by atoms with Crippen molar-refractivity contribution in [3.05, 3.63) is 30.3 Å². The molecule has 114 valence electrons. The monoisotopic (exact) mass is 290 g/mol. The summed E-state index contributed by atoms with van der Waals surface area (Å²) >= 11 is 0. The van der Waals surface area contributed by atoms with Crippen LogP contribution in [0, 0.1) is 0 Å². The lowest BCUT2D eigenvalue weighted by Crippen LogP contribution is -2.47. The zero-order valence-electron chi connectivity index (χ0n) is 12.5. The lowest BCUT2D eigenvalue weighted by atomic mass is 10.2. The standard InChI is InChI=1S/C16H22N2O3/c1-3-21-12(2)16(20)18-11-7-10-14(18)15(19)17-13-8-5-4-6-9-13/h4-6,8-9,12,14H,3,7,10-11H2,1-2H3,(H,17,19)/t12-,14+/m0/s1. The molecule has 2 atom stereocenters. The molecule has 1 N–H and O–H groups in total. The van der Waals surface area contributed by atoms with Crippen molar-refractivity contribution in [3.8, 4) is 0 Å². The molecule has 1 saturated heterocycles. The first-order chi connectivity index (χ1) is 10.1. The summed E-state index contributed by atoms with van der Waals surface area (Å²) in [6.07, 6.45) is 1.04. The van der Waals surface area contributed by atoms with E-state index in [1.807, 2.05) is 37.3 Å². The topological polar surface area (TPSA) is 58.6 Å². The number of nitrogens with one attached hydrogen (secondary N) is 1. The zero-order chi connectivity index (χ0) is 15.2. The molecular formula is C16H22N2O3.